The molecule has 20 rings (SSSR count). The van der Waals surface area contributed by atoms with Crippen LogP contribution in [0.5, 0.6) is 0 Å². The fraction of sp³-hybridized carbons (Fsp3) is 0.777. The van der Waals surface area contributed by atoms with Crippen LogP contribution in [-0.2, 0) is 44.9 Å². The lowest BCUT2D eigenvalue weighted by atomic mass is 9.49. The summed E-state index contributed by atoms with van der Waals surface area (Å²) < 4.78 is 0. The van der Waals surface area contributed by atoms with Crippen LogP contribution in [-0.4, -0.2) is 90.9 Å². The Morgan fingerprint density at radius 1 is 0.293 bits per heavy atom. The summed E-state index contributed by atoms with van der Waals surface area (Å²) in [7, 11) is 0. The number of ketones is 4. The van der Waals surface area contributed by atoms with Crippen molar-refractivity contribution < 1.29 is 39.6 Å². The van der Waals surface area contributed by atoms with E-state index in [0.717, 1.165) is 206 Å². The number of hydrogen-bond acceptors (Lipinski definition) is 13. The predicted octanol–water partition coefficient (Wildman–Crippen LogP) is 20.2. The number of nitrogens with zero attached hydrogens (tertiary/aromatic N) is 5. The van der Waals surface area contributed by atoms with Gasteiger partial charge in [-0.05, 0) is 446 Å². The number of hydrogen-bond donors (Lipinski definition) is 4. The van der Waals surface area contributed by atoms with E-state index in [2.05, 4.69) is 52.6 Å². The van der Waals surface area contributed by atoms with E-state index in [-0.39, 0.29) is 45.3 Å². The van der Waals surface area contributed by atoms with Crippen molar-refractivity contribution in [3.8, 4) is 0 Å². The summed E-state index contributed by atoms with van der Waals surface area (Å²) >= 11 is 0. The minimum absolute atomic E-state index is 0.167. The van der Waals surface area contributed by atoms with Crippen LogP contribution in [0.1, 0.15) is 309 Å². The van der Waals surface area contributed by atoms with E-state index in [0.29, 0.717) is 60.6 Å². The highest BCUT2D eigenvalue weighted by Crippen LogP contribution is 2.70. The van der Waals surface area contributed by atoms with Gasteiger partial charge in [0.25, 0.3) is 0 Å². The third kappa shape index (κ3) is 16.3. The van der Waals surface area contributed by atoms with Crippen LogP contribution in [0.3, 0.4) is 0 Å². The van der Waals surface area contributed by atoms with Gasteiger partial charge in [-0.15, -0.1) is 0 Å². The van der Waals surface area contributed by atoms with Gasteiger partial charge < -0.3 is 20.4 Å². The average Bonchev–Trinajstić information content (AvgIpc) is 1.52. The third-order valence-corrected chi connectivity index (χ3v) is 38.8. The van der Waals surface area contributed by atoms with Crippen LogP contribution in [0.2, 0.25) is 0 Å². The molecule has 16 aliphatic rings. The van der Waals surface area contributed by atoms with Crippen LogP contribution >= 0.6 is 0 Å². The Labute approximate surface area is 696 Å². The molecule has 13 heteroatoms. The molecule has 0 aliphatic heterocycles. The van der Waals surface area contributed by atoms with Gasteiger partial charge in [0.2, 0.25) is 0 Å². The van der Waals surface area contributed by atoms with E-state index in [4.69, 9.17) is 0 Å². The van der Waals surface area contributed by atoms with Crippen molar-refractivity contribution in [1.29, 1.82) is 0 Å². The van der Waals surface area contributed by atoms with Crippen molar-refractivity contribution in [3.63, 3.8) is 0 Å². The molecule has 16 saturated carbocycles. The number of carbonyl (C=O) groups excluding carboxylic acids is 4. The van der Waals surface area contributed by atoms with Gasteiger partial charge in [0.05, 0.1) is 28.8 Å². The largest absolute Gasteiger partial charge is 0.390 e. The summed E-state index contributed by atoms with van der Waals surface area (Å²) in [5.41, 5.74) is 2.12. The van der Waals surface area contributed by atoms with Gasteiger partial charge in [-0.3, -0.25) is 34.1 Å². The third-order valence-electron chi connectivity index (χ3n) is 38.8. The zero-order chi connectivity index (χ0) is 80.9. The predicted molar refractivity (Wildman–Crippen MR) is 454 cm³/mol. The van der Waals surface area contributed by atoms with Crippen LogP contribution < -0.4 is 0 Å². The minimum Gasteiger partial charge on any atom is -0.390 e. The molecular weight excluding hydrogens is 1440 g/mol. The summed E-state index contributed by atoms with van der Waals surface area (Å²) in [5, 5.41) is 42.3. The van der Waals surface area contributed by atoms with Gasteiger partial charge in [0.1, 0.15) is 29.0 Å². The van der Waals surface area contributed by atoms with Crippen molar-refractivity contribution in [2.45, 2.75) is 335 Å². The van der Waals surface area contributed by atoms with Crippen molar-refractivity contribution in [2.75, 3.05) is 0 Å². The van der Waals surface area contributed by atoms with Gasteiger partial charge in [0, 0.05) is 92.0 Å². The molecule has 4 N–H and O–H groups in total. The van der Waals surface area contributed by atoms with Gasteiger partial charge in [-0.1, -0.05) is 39.8 Å². The van der Waals surface area contributed by atoms with Gasteiger partial charge in [-0.25, -0.2) is 9.97 Å². The van der Waals surface area contributed by atoms with E-state index >= 15 is 0 Å². The molecule has 13 nitrogen and oxygen atoms in total. The molecule has 0 aromatic carbocycles. The first-order valence-electron chi connectivity index (χ1n) is 47.9. The molecule has 32 atom stereocenters. The molecule has 0 radical (unpaired) electrons. The Balaban J connectivity index is 0.000000111. The molecule has 16 fully saturated rings. The van der Waals surface area contributed by atoms with E-state index in [1.807, 2.05) is 82.4 Å². The molecular formula is C103H147N5O8. The molecule has 4 aromatic heterocycles. The SMILES string of the molecule is C[C@@]1(O)CC[C@H]2[C@H](CC[C@@H]3[C@@H]2CC[C@]2(C)[C@@H](C(=O)Cc4ccccn4)CC[C@@H]32)C1.C[C@@]1(O)CC[C@H]2[C@H](CC[C@@H]3[C@@H]2CC[C@]2(C)[C@@H](C(=O)Cc4cccnc4)CC[C@@H]32)C1.C[C@@]1(O)CC[C@H]2[C@H](CC[C@@H]3[C@@H]2CC[C@]2(C)[C@@H](C(=O)Cc4ccncc4)CC[C@@H]32)C1.C[C@@]1(O)CC[C@H]2[C@H](CC[C@@H]3[C@@H]2CC[C@]2(C)[C@@H](C(=O)Cc4ncccn4)CC[C@@H]32)C1. The quantitative estimate of drug-likeness (QED) is 0.104. The number of rotatable bonds is 12. The van der Waals surface area contributed by atoms with Crippen molar-refractivity contribution >= 4 is 23.1 Å². The lowest BCUT2D eigenvalue weighted by molar-refractivity contribution is -0.132. The smallest absolute Gasteiger partial charge is 0.144 e. The van der Waals surface area contributed by atoms with Gasteiger partial charge in [0.15, 0.2) is 0 Å². The molecule has 0 bridgehead atoms. The minimum atomic E-state index is -0.443. The second-order valence-electron chi connectivity index (χ2n) is 45.2. The zero-order valence-corrected chi connectivity index (χ0v) is 72.5. The summed E-state index contributed by atoms with van der Waals surface area (Å²) in [6.45, 7) is 17.9. The van der Waals surface area contributed by atoms with E-state index < -0.39 is 22.4 Å². The highest BCUT2D eigenvalue weighted by Gasteiger charge is 2.64. The van der Waals surface area contributed by atoms with Gasteiger partial charge in [-0.2, -0.15) is 0 Å². The van der Waals surface area contributed by atoms with E-state index in [1.54, 1.807) is 37.2 Å². The number of fused-ring (bicyclic) bond motifs is 20. The summed E-state index contributed by atoms with van der Waals surface area (Å²) in [4.78, 5) is 74.3. The average molecular weight is 1580 g/mol. The second-order valence-corrected chi connectivity index (χ2v) is 45.2. The van der Waals surface area contributed by atoms with Crippen LogP contribution in [0.25, 0.3) is 0 Å². The maximum atomic E-state index is 13.3. The number of aliphatic hydroxyl groups is 4. The Bertz CT molecular complexity index is 3560. The van der Waals surface area contributed by atoms with Crippen molar-refractivity contribution in [2.24, 2.45) is 164 Å². The Morgan fingerprint density at radius 2 is 0.629 bits per heavy atom. The topological polar surface area (TPSA) is 214 Å². The molecule has 0 unspecified atom stereocenters. The highest BCUT2D eigenvalue weighted by molar-refractivity contribution is 5.86. The van der Waals surface area contributed by atoms with E-state index in [1.165, 1.54) is 154 Å². The standard InChI is InChI=1S/3C26H37NO2.C25H36N2O2/c1-25(29)11-7-19-18(16-25)3-4-21-20(19)8-12-26(2)22(21)5-6-23(26)24(28)15-17-9-13-27-14-10-17;1-25(29)11-9-19-18(15-25)5-6-21-20(19)10-12-26(2)22(21)7-8-23(26)24(28)14-17-4-3-13-27-16-17;1-25(29)12-10-19-17(16-25)6-7-21-20(19)11-13-26(2)22(21)8-9-23(26)24(28)15-18-5-3-4-14-27-18;1-24(29)10-8-17-16(15-24)4-5-19-18(17)9-11-25(2)20(19)6-7-21(25)22(28)14-23-26-12-3-13-27-23/h9-10,13-14,18-23,29H,3-8,11-12,15-16H2,1-2H3;3-4,13,16,18-23,29H,5-12,14-15H2,1-2H3;3-5,14,17,19-23,29H,6-13,15-16H2,1-2H3;3,12-13,16-21,29H,4-11,14-15H2,1-2H3/t2*18-,19+,20-,21-,22+,23-,25-,26+;17-,19+,20-,21-,22+,23-,25-,26+;16-,17+,18-,19-,20+,21-,24-,25+/m1111/s1. The van der Waals surface area contributed by atoms with Crippen LogP contribution in [0.15, 0.2) is 91.9 Å². The summed E-state index contributed by atoms with van der Waals surface area (Å²) in [6.07, 6.45) is 57.1. The summed E-state index contributed by atoms with van der Waals surface area (Å²) in [5.74, 6) is 18.9. The highest BCUT2D eigenvalue weighted by atomic mass is 16.3. The molecule has 16 aliphatic carbocycles. The van der Waals surface area contributed by atoms with Crippen molar-refractivity contribution in [1.82, 2.24) is 24.9 Å². The second kappa shape index (κ2) is 33.0. The lowest BCUT2D eigenvalue weighted by Crippen LogP contribution is -2.51. The first-order chi connectivity index (χ1) is 55.5. The number of carbonyl (C=O) groups is 4. The van der Waals surface area contributed by atoms with Crippen LogP contribution in [0, 0.1) is 164 Å². The molecule has 632 valence electrons. The monoisotopic (exact) mass is 1580 g/mol. The Kier molecular flexibility index (Phi) is 23.7. The Hall–Kier alpha value is -4.95. The first kappa shape index (κ1) is 83.3. The first-order valence-corrected chi connectivity index (χ1v) is 47.9. The van der Waals surface area contributed by atoms with E-state index in [9.17, 15) is 39.6 Å². The zero-order valence-electron chi connectivity index (χ0n) is 72.5. The molecule has 0 amide bonds. The maximum absolute atomic E-state index is 13.3. The number of aromatic nitrogens is 5. The molecule has 4 heterocycles. The lowest BCUT2D eigenvalue weighted by Gasteiger charge is -2.56. The molecule has 0 saturated heterocycles. The van der Waals surface area contributed by atoms with Gasteiger partial charge >= 0.3 is 0 Å². The number of pyridine rings is 3. The number of Topliss-reactive ketones (excluding diaryl/α,β-unsaturated/α-hetero) is 4. The fourth-order valence-electron chi connectivity index (χ4n) is 33.6. The Morgan fingerprint density at radius 3 is 0.974 bits per heavy atom. The summed E-state index contributed by atoms with van der Waals surface area (Å²) in [6, 6.07) is 15.7. The molecule has 116 heavy (non-hydrogen) atoms. The molecule has 4 aromatic rings. The molecule has 0 spiro atoms. The normalized spacial score (nSPS) is 46.4. The maximum Gasteiger partial charge on any atom is 0.144 e. The van der Waals surface area contributed by atoms with Crippen LogP contribution in [0.4, 0.5) is 0 Å². The fourth-order valence-corrected chi connectivity index (χ4v) is 33.6. The van der Waals surface area contributed by atoms with Crippen molar-refractivity contribution in [3.05, 3.63) is 115 Å².